The van der Waals surface area contributed by atoms with E-state index in [9.17, 15) is 22.8 Å². The van der Waals surface area contributed by atoms with E-state index in [-0.39, 0.29) is 17.1 Å². The van der Waals surface area contributed by atoms with Gasteiger partial charge >= 0.3 is 11.9 Å². The van der Waals surface area contributed by atoms with Crippen molar-refractivity contribution in [3.63, 3.8) is 0 Å². The first-order chi connectivity index (χ1) is 12.3. The minimum atomic E-state index is -4.43. The van der Waals surface area contributed by atoms with Gasteiger partial charge in [-0.2, -0.15) is 13.2 Å². The van der Waals surface area contributed by atoms with Gasteiger partial charge in [0.25, 0.3) is 0 Å². The zero-order valence-electron chi connectivity index (χ0n) is 13.8. The molecule has 1 amide bonds. The summed E-state index contributed by atoms with van der Waals surface area (Å²) in [5, 5.41) is 9.02. The van der Waals surface area contributed by atoms with Crippen molar-refractivity contribution in [3.05, 3.63) is 40.3 Å². The number of nitrogens with one attached hydrogen (secondary N) is 2. The van der Waals surface area contributed by atoms with Crippen LogP contribution < -0.4 is 11.0 Å². The summed E-state index contributed by atoms with van der Waals surface area (Å²) < 4.78 is 43.8. The van der Waals surface area contributed by atoms with E-state index in [0.717, 1.165) is 23.9 Å². The Morgan fingerprint density at radius 1 is 1.35 bits per heavy atom. The molecule has 142 valence electrons. The number of amides is 1. The SMILES string of the molecule is COCCCn1c(SCC(=O)Nc2ccc(C(F)(F)F)cc2)n[nH]c1=O. The third-order valence-electron chi connectivity index (χ3n) is 3.28. The van der Waals surface area contributed by atoms with Crippen LogP contribution in [0.4, 0.5) is 18.9 Å². The molecule has 0 fully saturated rings. The maximum Gasteiger partial charge on any atom is 0.416 e. The van der Waals surface area contributed by atoms with E-state index in [4.69, 9.17) is 4.74 Å². The molecule has 0 aliphatic rings. The molecule has 11 heteroatoms. The number of carbonyl (C=O) groups excluding carboxylic acids is 1. The van der Waals surface area contributed by atoms with Gasteiger partial charge in [0.1, 0.15) is 0 Å². The fourth-order valence-corrected chi connectivity index (χ4v) is 2.82. The van der Waals surface area contributed by atoms with Crippen LogP contribution in [0.2, 0.25) is 0 Å². The predicted octanol–water partition coefficient (Wildman–Crippen LogP) is 2.36. The van der Waals surface area contributed by atoms with Gasteiger partial charge in [-0.3, -0.25) is 9.36 Å². The van der Waals surface area contributed by atoms with Crippen molar-refractivity contribution in [2.75, 3.05) is 24.8 Å². The highest BCUT2D eigenvalue weighted by molar-refractivity contribution is 7.99. The molecule has 0 aliphatic carbocycles. The molecular weight excluding hydrogens is 373 g/mol. The Balaban J connectivity index is 1.90. The lowest BCUT2D eigenvalue weighted by molar-refractivity contribution is -0.137. The average Bonchev–Trinajstić information content (AvgIpc) is 2.93. The lowest BCUT2D eigenvalue weighted by Crippen LogP contribution is -2.19. The summed E-state index contributed by atoms with van der Waals surface area (Å²) >= 11 is 1.05. The molecule has 1 heterocycles. The van der Waals surface area contributed by atoms with Crippen molar-refractivity contribution in [1.82, 2.24) is 14.8 Å². The average molecular weight is 390 g/mol. The molecule has 26 heavy (non-hydrogen) atoms. The fraction of sp³-hybridized carbons (Fsp3) is 0.400. The highest BCUT2D eigenvalue weighted by Crippen LogP contribution is 2.29. The first-order valence-electron chi connectivity index (χ1n) is 7.55. The Bertz CT molecular complexity index is 787. The number of thioether (sulfide) groups is 1. The van der Waals surface area contributed by atoms with Crippen molar-refractivity contribution in [1.29, 1.82) is 0 Å². The van der Waals surface area contributed by atoms with E-state index in [1.54, 1.807) is 7.11 Å². The van der Waals surface area contributed by atoms with Gasteiger partial charge in [-0.05, 0) is 30.7 Å². The molecular formula is C15H17F3N4O3S. The number of benzene rings is 1. The van der Waals surface area contributed by atoms with Crippen LogP contribution in [0.25, 0.3) is 0 Å². The van der Waals surface area contributed by atoms with Crippen LogP contribution in [0.5, 0.6) is 0 Å². The largest absolute Gasteiger partial charge is 0.416 e. The summed E-state index contributed by atoms with van der Waals surface area (Å²) in [6.45, 7) is 0.877. The monoisotopic (exact) mass is 390 g/mol. The highest BCUT2D eigenvalue weighted by atomic mass is 32.2. The third-order valence-corrected chi connectivity index (χ3v) is 4.26. The molecule has 2 aromatic rings. The minimum absolute atomic E-state index is 0.0460. The maximum absolute atomic E-state index is 12.5. The van der Waals surface area contributed by atoms with Crippen LogP contribution in [0.1, 0.15) is 12.0 Å². The Labute approximate surface area is 150 Å². The highest BCUT2D eigenvalue weighted by Gasteiger charge is 2.29. The molecule has 0 bridgehead atoms. The van der Waals surface area contributed by atoms with Crippen LogP contribution >= 0.6 is 11.8 Å². The first kappa shape index (κ1) is 20.0. The van der Waals surface area contributed by atoms with Crippen LogP contribution in [0.3, 0.4) is 0 Å². The number of aromatic amines is 1. The number of halogens is 3. The number of carbonyl (C=O) groups is 1. The van der Waals surface area contributed by atoms with Gasteiger partial charge < -0.3 is 10.1 Å². The molecule has 0 atom stereocenters. The second-order valence-corrected chi connectivity index (χ2v) is 6.16. The Morgan fingerprint density at radius 2 is 2.04 bits per heavy atom. The standard InChI is InChI=1S/C15H17F3N4O3S/c1-25-8-2-7-22-13(24)20-21-14(22)26-9-12(23)19-11-5-3-10(4-6-11)15(16,17)18/h3-6H,2,7-9H2,1H3,(H,19,23)(H,20,24). The normalized spacial score (nSPS) is 11.5. The number of methoxy groups -OCH3 is 1. The van der Waals surface area contributed by atoms with Gasteiger partial charge in [0.05, 0.1) is 11.3 Å². The summed E-state index contributed by atoms with van der Waals surface area (Å²) in [4.78, 5) is 23.6. The number of nitrogens with zero attached hydrogens (tertiary/aromatic N) is 2. The van der Waals surface area contributed by atoms with Crippen LogP contribution in [0.15, 0.2) is 34.2 Å². The molecule has 0 aliphatic heterocycles. The molecule has 1 aromatic carbocycles. The van der Waals surface area contributed by atoms with Gasteiger partial charge in [-0.25, -0.2) is 9.89 Å². The van der Waals surface area contributed by atoms with E-state index in [0.29, 0.717) is 24.7 Å². The van der Waals surface area contributed by atoms with E-state index >= 15 is 0 Å². The van der Waals surface area contributed by atoms with Crippen LogP contribution in [0, 0.1) is 0 Å². The van der Waals surface area contributed by atoms with Gasteiger partial charge in [-0.1, -0.05) is 11.8 Å². The number of aromatic nitrogens is 3. The number of rotatable bonds is 8. The molecule has 7 nitrogen and oxygen atoms in total. The van der Waals surface area contributed by atoms with E-state index in [2.05, 4.69) is 15.5 Å². The molecule has 2 N–H and O–H groups in total. The van der Waals surface area contributed by atoms with Gasteiger partial charge in [-0.15, -0.1) is 5.10 Å². The topological polar surface area (TPSA) is 89.0 Å². The lowest BCUT2D eigenvalue weighted by Gasteiger charge is -2.09. The number of hydrogen-bond donors (Lipinski definition) is 2. The molecule has 0 saturated carbocycles. The van der Waals surface area contributed by atoms with Gasteiger partial charge in [0.2, 0.25) is 5.91 Å². The minimum Gasteiger partial charge on any atom is -0.385 e. The number of anilines is 1. The summed E-state index contributed by atoms with van der Waals surface area (Å²) in [5.74, 6) is -0.469. The molecule has 0 radical (unpaired) electrons. The van der Waals surface area contributed by atoms with Crippen molar-refractivity contribution in [2.45, 2.75) is 24.3 Å². The summed E-state index contributed by atoms with van der Waals surface area (Å²) in [6, 6.07) is 4.15. The van der Waals surface area contributed by atoms with E-state index < -0.39 is 17.6 Å². The zero-order chi connectivity index (χ0) is 19.2. The predicted molar refractivity (Wildman–Crippen MR) is 90.1 cm³/mol. The van der Waals surface area contributed by atoms with E-state index in [1.807, 2.05) is 0 Å². The number of alkyl halides is 3. The van der Waals surface area contributed by atoms with Crippen LogP contribution in [-0.2, 0) is 22.3 Å². The van der Waals surface area contributed by atoms with Crippen molar-refractivity contribution in [2.24, 2.45) is 0 Å². The molecule has 0 spiro atoms. The Morgan fingerprint density at radius 3 is 2.65 bits per heavy atom. The van der Waals surface area contributed by atoms with Crippen molar-refractivity contribution in [3.8, 4) is 0 Å². The zero-order valence-corrected chi connectivity index (χ0v) is 14.6. The Hall–Kier alpha value is -2.27. The number of hydrogen-bond acceptors (Lipinski definition) is 5. The number of ether oxygens (including phenoxy) is 1. The maximum atomic E-state index is 12.5. The van der Waals surface area contributed by atoms with E-state index in [1.165, 1.54) is 16.7 Å². The Kier molecular flexibility index (Phi) is 6.86. The number of H-pyrrole nitrogens is 1. The third kappa shape index (κ3) is 5.63. The second-order valence-electron chi connectivity index (χ2n) is 5.22. The molecule has 0 unspecified atom stereocenters. The van der Waals surface area contributed by atoms with Crippen molar-refractivity contribution >= 4 is 23.4 Å². The van der Waals surface area contributed by atoms with Gasteiger partial charge in [0, 0.05) is 25.9 Å². The van der Waals surface area contributed by atoms with Gasteiger partial charge in [0.15, 0.2) is 5.16 Å². The summed E-state index contributed by atoms with van der Waals surface area (Å²) in [5.41, 5.74) is -0.920. The summed E-state index contributed by atoms with van der Waals surface area (Å²) in [6.07, 6.45) is -3.81. The molecule has 1 aromatic heterocycles. The second kappa shape index (κ2) is 8.90. The quantitative estimate of drug-likeness (QED) is 0.534. The molecule has 2 rings (SSSR count). The lowest BCUT2D eigenvalue weighted by atomic mass is 10.2. The summed E-state index contributed by atoms with van der Waals surface area (Å²) in [7, 11) is 1.55. The molecule has 0 saturated heterocycles. The van der Waals surface area contributed by atoms with Crippen molar-refractivity contribution < 1.29 is 22.7 Å². The fourth-order valence-electron chi connectivity index (χ4n) is 2.05. The first-order valence-corrected chi connectivity index (χ1v) is 8.54. The smallest absolute Gasteiger partial charge is 0.385 e. The van der Waals surface area contributed by atoms with Crippen LogP contribution in [-0.4, -0.2) is 40.1 Å².